The molecule has 1 heterocycles. The highest BCUT2D eigenvalue weighted by Crippen LogP contribution is 2.17. The molecule has 0 spiro atoms. The maximum Gasteiger partial charge on any atom is 0.305 e. The third kappa shape index (κ3) is 15.8. The van der Waals surface area contributed by atoms with Crippen LogP contribution in [0.3, 0.4) is 0 Å². The highest BCUT2D eigenvalue weighted by atomic mass is 16.5. The fraction of sp³-hybridized carbons (Fsp3) is 0.960. The number of carbonyl (C=O) groups excluding carboxylic acids is 1. The van der Waals surface area contributed by atoms with Crippen LogP contribution < -0.4 is 5.32 Å². The van der Waals surface area contributed by atoms with Crippen molar-refractivity contribution in [1.29, 1.82) is 0 Å². The summed E-state index contributed by atoms with van der Waals surface area (Å²) in [6.07, 6.45) is 19.1. The minimum Gasteiger partial charge on any atom is -0.466 e. The zero-order valence-corrected chi connectivity index (χ0v) is 19.7. The van der Waals surface area contributed by atoms with E-state index in [1.54, 1.807) is 0 Å². The number of carbonyl (C=O) groups is 1. The van der Waals surface area contributed by atoms with Gasteiger partial charge in [0.1, 0.15) is 0 Å². The molecule has 1 aliphatic heterocycles. The molecule has 1 saturated heterocycles. The minimum atomic E-state index is -0.0324. The molecule has 0 radical (unpaired) electrons. The molecule has 0 unspecified atom stereocenters. The maximum atomic E-state index is 11.4. The Morgan fingerprint density at radius 1 is 0.828 bits per heavy atom. The maximum absolute atomic E-state index is 11.4. The van der Waals surface area contributed by atoms with Gasteiger partial charge in [0.05, 0.1) is 6.61 Å². The van der Waals surface area contributed by atoms with E-state index in [1.165, 1.54) is 110 Å². The molecule has 0 aromatic rings. The van der Waals surface area contributed by atoms with E-state index in [0.29, 0.717) is 13.0 Å². The van der Waals surface area contributed by atoms with Crippen molar-refractivity contribution in [3.63, 3.8) is 0 Å². The average molecular weight is 411 g/mol. The number of piperidine rings is 1. The second-order valence-electron chi connectivity index (χ2n) is 8.91. The van der Waals surface area contributed by atoms with Crippen molar-refractivity contribution in [3.8, 4) is 0 Å². The van der Waals surface area contributed by atoms with Gasteiger partial charge in [-0.1, -0.05) is 58.3 Å². The molecule has 0 aliphatic carbocycles. The first kappa shape index (κ1) is 26.4. The Hall–Kier alpha value is -0.610. The summed E-state index contributed by atoms with van der Waals surface area (Å²) in [5.41, 5.74) is 0. The fourth-order valence-corrected chi connectivity index (χ4v) is 4.35. The Morgan fingerprint density at radius 3 is 2.03 bits per heavy atom. The summed E-state index contributed by atoms with van der Waals surface area (Å²) in [5, 5.41) is 3.49. The van der Waals surface area contributed by atoms with Crippen LogP contribution in [-0.2, 0) is 9.53 Å². The van der Waals surface area contributed by atoms with Crippen LogP contribution in [0, 0.1) is 5.92 Å². The molecular formula is C25H50N2O2. The summed E-state index contributed by atoms with van der Waals surface area (Å²) in [6.45, 7) is 10.9. The van der Waals surface area contributed by atoms with Crippen LogP contribution in [0.2, 0.25) is 0 Å². The van der Waals surface area contributed by atoms with Crippen molar-refractivity contribution in [2.24, 2.45) is 5.92 Å². The quantitative estimate of drug-likeness (QED) is 0.211. The summed E-state index contributed by atoms with van der Waals surface area (Å²) in [7, 11) is 0. The summed E-state index contributed by atoms with van der Waals surface area (Å²) >= 11 is 0. The van der Waals surface area contributed by atoms with Crippen LogP contribution in [0.4, 0.5) is 0 Å². The first-order valence-electron chi connectivity index (χ1n) is 12.8. The van der Waals surface area contributed by atoms with Crippen molar-refractivity contribution < 1.29 is 9.53 Å². The van der Waals surface area contributed by atoms with E-state index < -0.39 is 0 Å². The Balaban J connectivity index is 2.16. The number of hydrogen-bond donors (Lipinski definition) is 1. The zero-order chi connectivity index (χ0) is 21.0. The average Bonchev–Trinajstić information content (AvgIpc) is 2.74. The van der Waals surface area contributed by atoms with E-state index in [9.17, 15) is 4.79 Å². The van der Waals surface area contributed by atoms with E-state index in [4.69, 9.17) is 4.74 Å². The summed E-state index contributed by atoms with van der Waals surface area (Å²) in [4.78, 5) is 14.1. The predicted molar refractivity (Wildman–Crippen MR) is 124 cm³/mol. The number of nitrogens with one attached hydrogen (secondary N) is 1. The molecule has 0 aromatic carbocycles. The topological polar surface area (TPSA) is 41.6 Å². The molecule has 0 aromatic heterocycles. The van der Waals surface area contributed by atoms with Crippen molar-refractivity contribution in [1.82, 2.24) is 10.2 Å². The highest BCUT2D eigenvalue weighted by Gasteiger charge is 2.14. The van der Waals surface area contributed by atoms with Crippen molar-refractivity contribution in [2.75, 3.05) is 39.3 Å². The molecule has 4 heteroatoms. The molecule has 1 fully saturated rings. The molecule has 0 saturated carbocycles. The lowest BCUT2D eigenvalue weighted by Crippen LogP contribution is -2.32. The number of unbranched alkanes of at least 4 members (excludes halogenated alkanes) is 9. The van der Waals surface area contributed by atoms with Gasteiger partial charge in [0.25, 0.3) is 0 Å². The van der Waals surface area contributed by atoms with Gasteiger partial charge in [0.15, 0.2) is 0 Å². The van der Waals surface area contributed by atoms with Crippen molar-refractivity contribution in [2.45, 2.75) is 110 Å². The third-order valence-electron chi connectivity index (χ3n) is 6.30. The van der Waals surface area contributed by atoms with E-state index in [0.717, 1.165) is 18.8 Å². The molecule has 0 amide bonds. The monoisotopic (exact) mass is 410 g/mol. The van der Waals surface area contributed by atoms with Gasteiger partial charge in [-0.3, -0.25) is 4.79 Å². The molecule has 0 atom stereocenters. The SMILES string of the molecule is CCCCCCCCCN(CCCCCCC(=O)OCC)CCC1CCNCC1. The van der Waals surface area contributed by atoms with Crippen LogP contribution in [0.5, 0.6) is 0 Å². The number of rotatable bonds is 19. The second-order valence-corrected chi connectivity index (χ2v) is 8.91. The number of ether oxygens (including phenoxy) is 1. The molecular weight excluding hydrogens is 360 g/mol. The van der Waals surface area contributed by atoms with Crippen LogP contribution in [0.15, 0.2) is 0 Å². The van der Waals surface area contributed by atoms with Gasteiger partial charge in [0, 0.05) is 6.42 Å². The lowest BCUT2D eigenvalue weighted by Gasteiger charge is -2.27. The van der Waals surface area contributed by atoms with Gasteiger partial charge in [-0.2, -0.15) is 0 Å². The Morgan fingerprint density at radius 2 is 1.41 bits per heavy atom. The Labute approximate surface area is 181 Å². The first-order chi connectivity index (χ1) is 14.3. The smallest absolute Gasteiger partial charge is 0.305 e. The van der Waals surface area contributed by atoms with Crippen molar-refractivity contribution in [3.05, 3.63) is 0 Å². The number of nitrogens with zero attached hydrogens (tertiary/aromatic N) is 1. The summed E-state index contributed by atoms with van der Waals surface area (Å²) in [5.74, 6) is 0.896. The van der Waals surface area contributed by atoms with Crippen LogP contribution >= 0.6 is 0 Å². The van der Waals surface area contributed by atoms with Gasteiger partial charge in [0.2, 0.25) is 0 Å². The zero-order valence-electron chi connectivity index (χ0n) is 19.7. The van der Waals surface area contributed by atoms with Gasteiger partial charge >= 0.3 is 5.97 Å². The summed E-state index contributed by atoms with van der Waals surface area (Å²) < 4.78 is 5.01. The van der Waals surface area contributed by atoms with Gasteiger partial charge in [-0.25, -0.2) is 0 Å². The Bertz CT molecular complexity index is 370. The molecule has 29 heavy (non-hydrogen) atoms. The van der Waals surface area contributed by atoms with Gasteiger partial charge in [-0.05, 0) is 84.1 Å². The second kappa shape index (κ2) is 19.4. The minimum absolute atomic E-state index is 0.0324. The van der Waals surface area contributed by atoms with Crippen LogP contribution in [0.1, 0.15) is 110 Å². The molecule has 1 rings (SSSR count). The molecule has 1 aliphatic rings. The number of esters is 1. The normalized spacial score (nSPS) is 15.1. The molecule has 4 nitrogen and oxygen atoms in total. The third-order valence-corrected chi connectivity index (χ3v) is 6.30. The van der Waals surface area contributed by atoms with Crippen molar-refractivity contribution >= 4 is 5.97 Å². The fourth-order valence-electron chi connectivity index (χ4n) is 4.35. The Kier molecular flexibility index (Phi) is 17.6. The largest absolute Gasteiger partial charge is 0.466 e. The van der Waals surface area contributed by atoms with Gasteiger partial charge in [-0.15, -0.1) is 0 Å². The van der Waals surface area contributed by atoms with E-state index in [-0.39, 0.29) is 5.97 Å². The standard InChI is InChI=1S/C25H50N2O2/c1-3-5-6-7-8-10-13-21-27(23-18-24-16-19-26-20-17-24)22-14-11-9-12-15-25(28)29-4-2/h24,26H,3-23H2,1-2H3. The number of hydrogen-bond acceptors (Lipinski definition) is 4. The van der Waals surface area contributed by atoms with E-state index in [1.807, 2.05) is 6.92 Å². The van der Waals surface area contributed by atoms with Crippen LogP contribution in [0.25, 0.3) is 0 Å². The van der Waals surface area contributed by atoms with E-state index in [2.05, 4.69) is 17.1 Å². The first-order valence-corrected chi connectivity index (χ1v) is 12.8. The molecule has 172 valence electrons. The lowest BCUT2D eigenvalue weighted by molar-refractivity contribution is -0.143. The van der Waals surface area contributed by atoms with Gasteiger partial charge < -0.3 is 15.0 Å². The van der Waals surface area contributed by atoms with Crippen LogP contribution in [-0.4, -0.2) is 50.2 Å². The molecule has 0 bridgehead atoms. The highest BCUT2D eigenvalue weighted by molar-refractivity contribution is 5.69. The summed E-state index contributed by atoms with van der Waals surface area (Å²) in [6, 6.07) is 0. The predicted octanol–water partition coefficient (Wildman–Crippen LogP) is 5.94. The lowest BCUT2D eigenvalue weighted by atomic mass is 9.94. The molecule has 1 N–H and O–H groups in total. The van der Waals surface area contributed by atoms with E-state index >= 15 is 0 Å².